The Hall–Kier alpha value is -3.87. The average Bonchev–Trinajstić information content (AvgIpc) is 2.92. The number of carbonyl (C=O) groups is 1. The second kappa shape index (κ2) is 13.5. The smallest absolute Gasteiger partial charge is 0.170 e. The molecule has 1 aliphatic rings. The number of ketones is 1. The molecule has 2 atom stereocenters. The second-order valence-electron chi connectivity index (χ2n) is 10.8. The minimum atomic E-state index is -0.594. The van der Waals surface area contributed by atoms with Gasteiger partial charge in [-0.15, -0.1) is 0 Å². The van der Waals surface area contributed by atoms with E-state index in [0.29, 0.717) is 24.2 Å². The molecule has 7 nitrogen and oxygen atoms in total. The summed E-state index contributed by atoms with van der Waals surface area (Å²) < 4.78 is 6.16. The van der Waals surface area contributed by atoms with E-state index in [1.165, 1.54) is 44.2 Å². The number of phenols is 5. The fourth-order valence-electron chi connectivity index (χ4n) is 5.62. The zero-order valence-electron chi connectivity index (χ0n) is 23.1. The Labute approximate surface area is 235 Å². The summed E-state index contributed by atoms with van der Waals surface area (Å²) in [6.07, 6.45) is 9.93. The molecule has 0 amide bonds. The van der Waals surface area contributed by atoms with E-state index in [4.69, 9.17) is 4.74 Å². The molecular weight excluding hydrogens is 508 g/mol. The van der Waals surface area contributed by atoms with Crippen LogP contribution in [0.15, 0.2) is 48.5 Å². The standard InChI is InChI=1S/C33H40O7/c1-2-3-4-5-6-7-8-9-10-11-26(36)32-28(38)20-27(37)31(33(32)39)25-19-29(21-12-14-22(34)15-13-21)40-30-18-23(35)16-17-24(25)30/h12-18,20,25,29,34-35,37-39H,2-11,19H2,1H3/t25-,29-/m1/s1. The van der Waals surface area contributed by atoms with Gasteiger partial charge in [-0.3, -0.25) is 4.79 Å². The zero-order chi connectivity index (χ0) is 28.6. The monoisotopic (exact) mass is 548 g/mol. The van der Waals surface area contributed by atoms with Crippen LogP contribution < -0.4 is 4.74 Å². The third kappa shape index (κ3) is 6.82. The lowest BCUT2D eigenvalue weighted by Crippen LogP contribution is -2.20. The van der Waals surface area contributed by atoms with E-state index in [-0.39, 0.29) is 40.6 Å². The van der Waals surface area contributed by atoms with Crippen LogP contribution in [0.25, 0.3) is 0 Å². The molecule has 5 N–H and O–H groups in total. The van der Waals surface area contributed by atoms with Crippen molar-refractivity contribution in [3.05, 3.63) is 70.8 Å². The van der Waals surface area contributed by atoms with Crippen molar-refractivity contribution in [2.75, 3.05) is 0 Å². The van der Waals surface area contributed by atoms with Crippen molar-refractivity contribution in [1.82, 2.24) is 0 Å². The Morgan fingerprint density at radius 3 is 2.08 bits per heavy atom. The first kappa shape index (κ1) is 29.1. The van der Waals surface area contributed by atoms with Crippen molar-refractivity contribution in [2.45, 2.75) is 89.6 Å². The van der Waals surface area contributed by atoms with Crippen LogP contribution >= 0.6 is 0 Å². The van der Waals surface area contributed by atoms with Gasteiger partial charge in [0.15, 0.2) is 5.78 Å². The normalized spacial score (nSPS) is 16.3. The number of carbonyl (C=O) groups excluding carboxylic acids is 1. The SMILES string of the molecule is CCCCCCCCCCCC(=O)c1c(O)cc(O)c([C@@H]2C[C@H](c3ccc(O)cc3)Oc3cc(O)ccc32)c1O. The highest BCUT2D eigenvalue weighted by atomic mass is 16.5. The third-order valence-electron chi connectivity index (χ3n) is 7.79. The number of aromatic hydroxyl groups is 5. The summed E-state index contributed by atoms with van der Waals surface area (Å²) >= 11 is 0. The molecule has 3 aromatic carbocycles. The van der Waals surface area contributed by atoms with Crippen LogP contribution in [0, 0.1) is 0 Å². The Morgan fingerprint density at radius 2 is 1.40 bits per heavy atom. The third-order valence-corrected chi connectivity index (χ3v) is 7.79. The van der Waals surface area contributed by atoms with Gasteiger partial charge in [-0.05, 0) is 36.6 Å². The van der Waals surface area contributed by atoms with E-state index in [9.17, 15) is 30.3 Å². The fourth-order valence-corrected chi connectivity index (χ4v) is 5.62. The second-order valence-corrected chi connectivity index (χ2v) is 10.8. The summed E-state index contributed by atoms with van der Waals surface area (Å²) in [5.74, 6) is -1.69. The van der Waals surface area contributed by atoms with Crippen LogP contribution in [0.3, 0.4) is 0 Å². The number of benzene rings is 3. The predicted octanol–water partition coefficient (Wildman–Crippen LogP) is 7.97. The van der Waals surface area contributed by atoms with E-state index in [0.717, 1.165) is 30.9 Å². The molecule has 7 heteroatoms. The van der Waals surface area contributed by atoms with Gasteiger partial charge >= 0.3 is 0 Å². The highest BCUT2D eigenvalue weighted by molar-refractivity contribution is 6.02. The van der Waals surface area contributed by atoms with Gasteiger partial charge in [-0.1, -0.05) is 76.5 Å². The van der Waals surface area contributed by atoms with E-state index in [1.807, 2.05) is 0 Å². The number of fused-ring (bicyclic) bond motifs is 1. The first-order valence-corrected chi connectivity index (χ1v) is 14.4. The quantitative estimate of drug-likeness (QED) is 0.108. The highest BCUT2D eigenvalue weighted by Crippen LogP contribution is 2.52. The molecule has 0 aliphatic carbocycles. The molecule has 0 bridgehead atoms. The lowest BCUT2D eigenvalue weighted by Gasteiger charge is -2.33. The number of hydrogen-bond acceptors (Lipinski definition) is 7. The summed E-state index contributed by atoms with van der Waals surface area (Å²) in [5.41, 5.74) is 1.34. The molecule has 0 radical (unpaired) electrons. The molecule has 0 aromatic heterocycles. The number of Topliss-reactive ketones (excluding diaryl/α,β-unsaturated/α-hetero) is 1. The average molecular weight is 549 g/mol. The minimum Gasteiger partial charge on any atom is -0.508 e. The molecule has 3 aromatic rings. The maximum absolute atomic E-state index is 13.2. The van der Waals surface area contributed by atoms with Crippen molar-refractivity contribution in [2.24, 2.45) is 0 Å². The van der Waals surface area contributed by atoms with E-state index in [2.05, 4.69) is 6.92 Å². The number of unbranched alkanes of at least 4 members (excludes halogenated alkanes) is 8. The van der Waals surface area contributed by atoms with Crippen molar-refractivity contribution in [3.8, 4) is 34.5 Å². The summed E-state index contributed by atoms with van der Waals surface area (Å²) in [6, 6.07) is 12.3. The van der Waals surface area contributed by atoms with E-state index >= 15 is 0 Å². The van der Waals surface area contributed by atoms with Crippen LogP contribution in [0.2, 0.25) is 0 Å². The van der Waals surface area contributed by atoms with Crippen LogP contribution in [-0.4, -0.2) is 31.3 Å². The topological polar surface area (TPSA) is 127 Å². The van der Waals surface area contributed by atoms with E-state index < -0.39 is 23.5 Å². The number of hydrogen-bond donors (Lipinski definition) is 5. The van der Waals surface area contributed by atoms with Crippen molar-refractivity contribution in [3.63, 3.8) is 0 Å². The van der Waals surface area contributed by atoms with Gasteiger partial charge in [-0.25, -0.2) is 0 Å². The van der Waals surface area contributed by atoms with Crippen LogP contribution in [0.4, 0.5) is 0 Å². The molecule has 214 valence electrons. The molecule has 0 saturated heterocycles. The van der Waals surface area contributed by atoms with Gasteiger partial charge in [0.1, 0.15) is 46.2 Å². The Morgan fingerprint density at radius 1 is 0.775 bits per heavy atom. The van der Waals surface area contributed by atoms with Gasteiger partial charge in [0.2, 0.25) is 0 Å². The number of ether oxygens (including phenoxy) is 1. The van der Waals surface area contributed by atoms with Gasteiger partial charge < -0.3 is 30.3 Å². The molecule has 1 aliphatic heterocycles. The molecule has 4 rings (SSSR count). The Bertz CT molecular complexity index is 1300. The summed E-state index contributed by atoms with van der Waals surface area (Å²) in [6.45, 7) is 2.20. The number of rotatable bonds is 13. The molecule has 0 saturated carbocycles. The zero-order valence-corrected chi connectivity index (χ0v) is 23.1. The fraction of sp³-hybridized carbons (Fsp3) is 0.424. The lowest BCUT2D eigenvalue weighted by atomic mass is 9.80. The van der Waals surface area contributed by atoms with Crippen LogP contribution in [0.1, 0.15) is 117 Å². The van der Waals surface area contributed by atoms with Gasteiger partial charge in [-0.2, -0.15) is 0 Å². The van der Waals surface area contributed by atoms with Crippen molar-refractivity contribution >= 4 is 5.78 Å². The largest absolute Gasteiger partial charge is 0.508 e. The maximum atomic E-state index is 13.2. The minimum absolute atomic E-state index is 0.000155. The van der Waals surface area contributed by atoms with Crippen LogP contribution in [0.5, 0.6) is 34.5 Å². The predicted molar refractivity (Wildman–Crippen MR) is 154 cm³/mol. The molecule has 0 unspecified atom stereocenters. The molecule has 0 fully saturated rings. The van der Waals surface area contributed by atoms with Gasteiger partial charge in [0.25, 0.3) is 0 Å². The summed E-state index contributed by atoms with van der Waals surface area (Å²) in [5, 5.41) is 52.6. The van der Waals surface area contributed by atoms with E-state index in [1.54, 1.807) is 30.3 Å². The molecular formula is C33H40O7. The first-order valence-electron chi connectivity index (χ1n) is 14.4. The first-order chi connectivity index (χ1) is 19.3. The summed E-state index contributed by atoms with van der Waals surface area (Å²) in [4.78, 5) is 13.2. The number of phenolic OH excluding ortho intramolecular Hbond substituents is 5. The van der Waals surface area contributed by atoms with Crippen molar-refractivity contribution < 1.29 is 35.1 Å². The highest BCUT2D eigenvalue weighted by Gasteiger charge is 2.36. The summed E-state index contributed by atoms with van der Waals surface area (Å²) in [7, 11) is 0. The molecule has 40 heavy (non-hydrogen) atoms. The van der Waals surface area contributed by atoms with Crippen LogP contribution in [-0.2, 0) is 0 Å². The van der Waals surface area contributed by atoms with Gasteiger partial charge in [0.05, 0.1) is 0 Å². The lowest BCUT2D eigenvalue weighted by molar-refractivity contribution is 0.0973. The Kier molecular flexibility index (Phi) is 9.80. The molecule has 0 spiro atoms. The van der Waals surface area contributed by atoms with Gasteiger partial charge in [0, 0.05) is 35.6 Å². The maximum Gasteiger partial charge on any atom is 0.170 e. The van der Waals surface area contributed by atoms with Crippen molar-refractivity contribution in [1.29, 1.82) is 0 Å². The molecule has 1 heterocycles. The Balaban J connectivity index is 1.54.